The van der Waals surface area contributed by atoms with Crippen molar-refractivity contribution in [2.45, 2.75) is 24.7 Å². The van der Waals surface area contributed by atoms with Gasteiger partial charge in [-0.2, -0.15) is 0 Å². The quantitative estimate of drug-likeness (QED) is 0.854. The highest BCUT2D eigenvalue weighted by Gasteiger charge is 2.39. The third kappa shape index (κ3) is 3.43. The van der Waals surface area contributed by atoms with E-state index >= 15 is 0 Å². The third-order valence-electron chi connectivity index (χ3n) is 4.68. The van der Waals surface area contributed by atoms with Crippen molar-refractivity contribution in [3.8, 4) is 0 Å². The number of hydrogen-bond acceptors (Lipinski definition) is 4. The summed E-state index contributed by atoms with van der Waals surface area (Å²) in [5, 5.41) is 11.1. The molecule has 1 N–H and O–H groups in total. The zero-order chi connectivity index (χ0) is 17.2. The summed E-state index contributed by atoms with van der Waals surface area (Å²) >= 11 is 3.53. The van der Waals surface area contributed by atoms with Gasteiger partial charge in [0.05, 0.1) is 0 Å². The van der Waals surface area contributed by atoms with E-state index in [-0.39, 0.29) is 11.3 Å². The van der Waals surface area contributed by atoms with Crippen LogP contribution in [-0.4, -0.2) is 36.7 Å². The Morgan fingerprint density at radius 3 is 2.58 bits per heavy atom. The van der Waals surface area contributed by atoms with Crippen LogP contribution in [0.2, 0.25) is 0 Å². The first-order valence-electron chi connectivity index (χ1n) is 8.05. The minimum Gasteiger partial charge on any atom is -0.361 e. The van der Waals surface area contributed by atoms with Gasteiger partial charge in [0.25, 0.3) is 5.91 Å². The number of nitrogens with one attached hydrogen (secondary N) is 1. The maximum absolute atomic E-state index is 12.4. The molecule has 1 aliphatic rings. The van der Waals surface area contributed by atoms with Crippen molar-refractivity contribution < 1.29 is 4.79 Å². The second kappa shape index (κ2) is 6.89. The normalized spacial score (nSPS) is 15.5. The van der Waals surface area contributed by atoms with Crippen LogP contribution in [-0.2, 0) is 5.41 Å². The van der Waals surface area contributed by atoms with Crippen LogP contribution >= 0.6 is 15.9 Å². The average molecular weight is 389 g/mol. The zero-order valence-corrected chi connectivity index (χ0v) is 15.5. The largest absolute Gasteiger partial charge is 0.361 e. The molecular weight excluding hydrogens is 368 g/mol. The zero-order valence-electron chi connectivity index (χ0n) is 13.9. The number of amides is 1. The Kier molecular flexibility index (Phi) is 4.85. The van der Waals surface area contributed by atoms with Crippen LogP contribution in [0.3, 0.4) is 0 Å². The molecule has 126 valence electrons. The number of benzene rings is 1. The van der Waals surface area contributed by atoms with Crippen molar-refractivity contribution in [3.63, 3.8) is 0 Å². The summed E-state index contributed by atoms with van der Waals surface area (Å²) in [4.78, 5) is 14.2. The van der Waals surface area contributed by atoms with Crippen LogP contribution in [0.25, 0.3) is 0 Å². The van der Waals surface area contributed by atoms with Gasteiger partial charge < -0.3 is 10.2 Å². The van der Waals surface area contributed by atoms with E-state index in [0.717, 1.165) is 23.1 Å². The van der Waals surface area contributed by atoms with Crippen molar-refractivity contribution in [1.82, 2.24) is 15.5 Å². The molecule has 3 rings (SSSR count). The number of nitrogens with zero attached hydrogens (tertiary/aromatic N) is 3. The summed E-state index contributed by atoms with van der Waals surface area (Å²) < 4.78 is 1.07. The standard InChI is InChI=1S/C18H21BrN4O/c1-23(2)16-8-7-15(21-22-16)17(24)20-12-18(9-4-10-18)13-5-3-6-14(19)11-13/h3,5-8,11H,4,9-10,12H2,1-2H3,(H,20,24). The molecule has 0 aliphatic heterocycles. The first-order valence-corrected chi connectivity index (χ1v) is 8.85. The predicted octanol–water partition coefficient (Wildman–Crippen LogP) is 3.16. The number of anilines is 1. The Bertz CT molecular complexity index is 726. The summed E-state index contributed by atoms with van der Waals surface area (Å²) in [5.41, 5.74) is 1.66. The van der Waals surface area contributed by atoms with Gasteiger partial charge in [-0.25, -0.2) is 0 Å². The van der Waals surface area contributed by atoms with E-state index < -0.39 is 0 Å². The summed E-state index contributed by atoms with van der Waals surface area (Å²) in [6, 6.07) is 11.9. The highest BCUT2D eigenvalue weighted by molar-refractivity contribution is 9.10. The highest BCUT2D eigenvalue weighted by atomic mass is 79.9. The van der Waals surface area contributed by atoms with Gasteiger partial charge in [-0.05, 0) is 42.7 Å². The topological polar surface area (TPSA) is 58.1 Å². The van der Waals surface area contributed by atoms with Gasteiger partial charge in [-0.15, -0.1) is 10.2 Å². The minimum atomic E-state index is -0.172. The monoisotopic (exact) mass is 388 g/mol. The molecule has 1 fully saturated rings. The maximum atomic E-state index is 12.4. The Labute approximate surface area is 150 Å². The molecule has 1 aromatic carbocycles. The highest BCUT2D eigenvalue weighted by Crippen LogP contribution is 2.43. The van der Waals surface area contributed by atoms with E-state index in [9.17, 15) is 4.79 Å². The molecule has 0 saturated heterocycles. The summed E-state index contributed by atoms with van der Waals surface area (Å²) in [6.07, 6.45) is 3.38. The predicted molar refractivity (Wildman–Crippen MR) is 98.4 cm³/mol. The lowest BCUT2D eigenvalue weighted by Gasteiger charge is -2.42. The molecule has 1 heterocycles. The van der Waals surface area contributed by atoms with E-state index in [2.05, 4.69) is 43.6 Å². The fourth-order valence-corrected chi connectivity index (χ4v) is 3.41. The Morgan fingerprint density at radius 1 is 1.25 bits per heavy atom. The van der Waals surface area contributed by atoms with Crippen molar-refractivity contribution in [2.75, 3.05) is 25.5 Å². The lowest BCUT2D eigenvalue weighted by Crippen LogP contribution is -2.45. The Morgan fingerprint density at radius 2 is 2.04 bits per heavy atom. The Balaban J connectivity index is 1.68. The molecule has 1 aromatic heterocycles. The molecule has 0 spiro atoms. The number of carbonyl (C=O) groups is 1. The molecule has 0 atom stereocenters. The summed E-state index contributed by atoms with van der Waals surface area (Å²) in [6.45, 7) is 0.624. The minimum absolute atomic E-state index is 0.0381. The average Bonchev–Trinajstić information content (AvgIpc) is 2.54. The lowest BCUT2D eigenvalue weighted by molar-refractivity contribution is 0.0922. The Hall–Kier alpha value is -1.95. The van der Waals surface area contributed by atoms with E-state index in [1.165, 1.54) is 12.0 Å². The second-order valence-electron chi connectivity index (χ2n) is 6.50. The third-order valence-corrected chi connectivity index (χ3v) is 5.17. The molecule has 1 amide bonds. The van der Waals surface area contributed by atoms with E-state index in [4.69, 9.17) is 0 Å². The van der Waals surface area contributed by atoms with Gasteiger partial charge in [-0.3, -0.25) is 4.79 Å². The van der Waals surface area contributed by atoms with Crippen molar-refractivity contribution >= 4 is 27.7 Å². The molecule has 0 bridgehead atoms. The summed E-state index contributed by atoms with van der Waals surface area (Å²) in [7, 11) is 3.78. The van der Waals surface area contributed by atoms with Gasteiger partial charge in [0.15, 0.2) is 11.5 Å². The fourth-order valence-electron chi connectivity index (χ4n) is 3.01. The molecule has 1 saturated carbocycles. The number of aromatic nitrogens is 2. The maximum Gasteiger partial charge on any atom is 0.271 e. The van der Waals surface area contributed by atoms with Gasteiger partial charge in [0.2, 0.25) is 0 Å². The van der Waals surface area contributed by atoms with E-state index in [0.29, 0.717) is 12.2 Å². The van der Waals surface area contributed by atoms with E-state index in [1.54, 1.807) is 12.1 Å². The van der Waals surface area contributed by atoms with Crippen molar-refractivity contribution in [1.29, 1.82) is 0 Å². The number of hydrogen-bond donors (Lipinski definition) is 1. The molecular formula is C18H21BrN4O. The first-order chi connectivity index (χ1) is 11.5. The van der Waals surface area contributed by atoms with Gasteiger partial charge in [-0.1, -0.05) is 34.5 Å². The molecule has 0 unspecified atom stereocenters. The SMILES string of the molecule is CN(C)c1ccc(C(=O)NCC2(c3cccc(Br)c3)CCC2)nn1. The van der Waals surface area contributed by atoms with Crippen molar-refractivity contribution in [2.24, 2.45) is 0 Å². The fraction of sp³-hybridized carbons (Fsp3) is 0.389. The van der Waals surface area contributed by atoms with Crippen LogP contribution < -0.4 is 10.2 Å². The van der Waals surface area contributed by atoms with Crippen LogP contribution in [0.15, 0.2) is 40.9 Å². The molecule has 6 heteroatoms. The molecule has 24 heavy (non-hydrogen) atoms. The molecule has 0 radical (unpaired) electrons. The van der Waals surface area contributed by atoms with Gasteiger partial charge in [0.1, 0.15) is 0 Å². The molecule has 2 aromatic rings. The first kappa shape index (κ1) is 16.9. The van der Waals surface area contributed by atoms with Crippen LogP contribution in [0.4, 0.5) is 5.82 Å². The van der Waals surface area contributed by atoms with Crippen LogP contribution in [0, 0.1) is 0 Å². The van der Waals surface area contributed by atoms with E-state index in [1.807, 2.05) is 31.1 Å². The van der Waals surface area contributed by atoms with Crippen molar-refractivity contribution in [3.05, 3.63) is 52.1 Å². The molecule has 1 aliphatic carbocycles. The number of rotatable bonds is 5. The van der Waals surface area contributed by atoms with Gasteiger partial charge in [0, 0.05) is 30.5 Å². The number of halogens is 1. The number of carbonyl (C=O) groups excluding carboxylic acids is 1. The van der Waals surface area contributed by atoms with Crippen LogP contribution in [0.5, 0.6) is 0 Å². The lowest BCUT2D eigenvalue weighted by atomic mass is 9.64. The second-order valence-corrected chi connectivity index (χ2v) is 7.41. The van der Waals surface area contributed by atoms with Gasteiger partial charge >= 0.3 is 0 Å². The summed E-state index contributed by atoms with van der Waals surface area (Å²) in [5.74, 6) is 0.560. The molecule has 5 nitrogen and oxygen atoms in total. The smallest absolute Gasteiger partial charge is 0.271 e. The van der Waals surface area contributed by atoms with Crippen LogP contribution in [0.1, 0.15) is 35.3 Å².